The Balaban J connectivity index is 2.76. The molecule has 1 heterocycles. The number of halogens is 4. The molecular formula is C12H8F4O2. The number of alkyl halides is 4. The van der Waals surface area contributed by atoms with Gasteiger partial charge in [-0.1, -0.05) is 11.6 Å². The van der Waals surface area contributed by atoms with Crippen molar-refractivity contribution in [1.82, 2.24) is 0 Å². The quantitative estimate of drug-likeness (QED) is 0.774. The SMILES string of the molecule is Cc1ccc2occ(C(F)(F)C(F)F)c(=O)c2c1. The third-order valence-corrected chi connectivity index (χ3v) is 2.56. The second-order valence-electron chi connectivity index (χ2n) is 3.90. The number of rotatable bonds is 2. The van der Waals surface area contributed by atoms with Crippen LogP contribution in [0, 0.1) is 6.92 Å². The summed E-state index contributed by atoms with van der Waals surface area (Å²) < 4.78 is 55.6. The van der Waals surface area contributed by atoms with Gasteiger partial charge in [0.25, 0.3) is 0 Å². The first-order valence-corrected chi connectivity index (χ1v) is 5.02. The van der Waals surface area contributed by atoms with E-state index in [4.69, 9.17) is 4.42 Å². The van der Waals surface area contributed by atoms with Crippen LogP contribution < -0.4 is 5.43 Å². The largest absolute Gasteiger partial charge is 0.464 e. The number of hydrogen-bond donors (Lipinski definition) is 0. The van der Waals surface area contributed by atoms with Crippen LogP contribution in [-0.2, 0) is 5.92 Å². The van der Waals surface area contributed by atoms with Gasteiger partial charge in [-0.15, -0.1) is 0 Å². The third kappa shape index (κ3) is 1.87. The first-order chi connectivity index (χ1) is 8.34. The Morgan fingerprint density at radius 1 is 1.28 bits per heavy atom. The molecule has 0 bridgehead atoms. The van der Waals surface area contributed by atoms with Crippen molar-refractivity contribution in [3.8, 4) is 0 Å². The Bertz CT molecular complexity index is 646. The van der Waals surface area contributed by atoms with Gasteiger partial charge in [-0.25, -0.2) is 8.78 Å². The maximum absolute atomic E-state index is 13.2. The van der Waals surface area contributed by atoms with E-state index < -0.39 is 23.3 Å². The fraction of sp³-hybridized carbons (Fsp3) is 0.250. The highest BCUT2D eigenvalue weighted by Gasteiger charge is 2.45. The Morgan fingerprint density at radius 2 is 1.94 bits per heavy atom. The number of hydrogen-bond acceptors (Lipinski definition) is 2. The molecule has 2 rings (SSSR count). The van der Waals surface area contributed by atoms with Crippen molar-refractivity contribution in [2.24, 2.45) is 0 Å². The minimum atomic E-state index is -4.52. The Morgan fingerprint density at radius 3 is 2.56 bits per heavy atom. The van der Waals surface area contributed by atoms with Crippen molar-refractivity contribution in [3.63, 3.8) is 0 Å². The summed E-state index contributed by atoms with van der Waals surface area (Å²) >= 11 is 0. The Kier molecular flexibility index (Phi) is 2.88. The van der Waals surface area contributed by atoms with Gasteiger partial charge in [-0.05, 0) is 19.1 Å². The van der Waals surface area contributed by atoms with E-state index in [2.05, 4.69) is 0 Å². The first-order valence-electron chi connectivity index (χ1n) is 5.02. The van der Waals surface area contributed by atoms with Crippen LogP contribution in [0.5, 0.6) is 0 Å². The summed E-state index contributed by atoms with van der Waals surface area (Å²) in [5.41, 5.74) is -1.73. The average molecular weight is 260 g/mol. The highest BCUT2D eigenvalue weighted by molar-refractivity contribution is 5.77. The summed E-state index contributed by atoms with van der Waals surface area (Å²) in [6.45, 7) is 1.65. The third-order valence-electron chi connectivity index (χ3n) is 2.56. The van der Waals surface area contributed by atoms with Gasteiger partial charge >= 0.3 is 12.3 Å². The molecule has 96 valence electrons. The van der Waals surface area contributed by atoms with Crippen molar-refractivity contribution in [1.29, 1.82) is 0 Å². The van der Waals surface area contributed by atoms with E-state index in [9.17, 15) is 22.4 Å². The minimum Gasteiger partial charge on any atom is -0.464 e. The molecule has 0 saturated heterocycles. The molecule has 2 nitrogen and oxygen atoms in total. The zero-order valence-corrected chi connectivity index (χ0v) is 9.22. The lowest BCUT2D eigenvalue weighted by Gasteiger charge is -2.14. The average Bonchev–Trinajstić information content (AvgIpc) is 2.29. The van der Waals surface area contributed by atoms with E-state index in [0.29, 0.717) is 11.8 Å². The van der Waals surface area contributed by atoms with Crippen LogP contribution in [-0.4, -0.2) is 6.43 Å². The second kappa shape index (κ2) is 4.12. The van der Waals surface area contributed by atoms with Crippen LogP contribution in [0.1, 0.15) is 11.1 Å². The lowest BCUT2D eigenvalue weighted by molar-refractivity contribution is -0.136. The fourth-order valence-corrected chi connectivity index (χ4v) is 1.59. The smallest absolute Gasteiger partial charge is 0.339 e. The molecule has 0 aliphatic carbocycles. The van der Waals surface area contributed by atoms with Crippen molar-refractivity contribution in [3.05, 3.63) is 45.8 Å². The van der Waals surface area contributed by atoms with E-state index in [1.165, 1.54) is 12.1 Å². The topological polar surface area (TPSA) is 30.2 Å². The Labute approximate surface area is 98.8 Å². The molecule has 1 aromatic carbocycles. The second-order valence-corrected chi connectivity index (χ2v) is 3.90. The van der Waals surface area contributed by atoms with Gasteiger partial charge < -0.3 is 4.42 Å². The van der Waals surface area contributed by atoms with Crippen LogP contribution in [0.2, 0.25) is 0 Å². The maximum Gasteiger partial charge on any atom is 0.339 e. The molecule has 0 aliphatic rings. The summed E-state index contributed by atoms with van der Waals surface area (Å²) in [6.07, 6.45) is -3.56. The van der Waals surface area contributed by atoms with Crippen molar-refractivity contribution < 1.29 is 22.0 Å². The standard InChI is InChI=1S/C12H8F4O2/c1-6-2-3-9-7(4-6)10(17)8(5-18-9)12(15,16)11(13)14/h2-5,11H,1H3. The van der Waals surface area contributed by atoms with E-state index in [0.717, 1.165) is 0 Å². The van der Waals surface area contributed by atoms with Crippen LogP contribution in [0.25, 0.3) is 11.0 Å². The molecule has 0 amide bonds. The van der Waals surface area contributed by atoms with Gasteiger partial charge in [-0.3, -0.25) is 4.79 Å². The zero-order chi connectivity index (χ0) is 13.5. The van der Waals surface area contributed by atoms with Gasteiger partial charge in [-0.2, -0.15) is 8.78 Å². The monoisotopic (exact) mass is 260 g/mol. The molecular weight excluding hydrogens is 252 g/mol. The normalized spacial score (nSPS) is 12.3. The van der Waals surface area contributed by atoms with Gasteiger partial charge in [0.05, 0.1) is 5.39 Å². The Hall–Kier alpha value is -1.85. The van der Waals surface area contributed by atoms with E-state index >= 15 is 0 Å². The summed E-state index contributed by atoms with van der Waals surface area (Å²) in [6, 6.07) is 4.37. The van der Waals surface area contributed by atoms with Crippen molar-refractivity contribution in [2.75, 3.05) is 0 Å². The summed E-state index contributed by atoms with van der Waals surface area (Å²) in [7, 11) is 0. The lowest BCUT2D eigenvalue weighted by Crippen LogP contribution is -2.30. The molecule has 0 fully saturated rings. The number of fused-ring (bicyclic) bond motifs is 1. The molecule has 0 saturated carbocycles. The summed E-state index contributed by atoms with van der Waals surface area (Å²) in [4.78, 5) is 11.8. The molecule has 2 aromatic rings. The first kappa shape index (κ1) is 12.6. The van der Waals surface area contributed by atoms with Crippen LogP contribution >= 0.6 is 0 Å². The predicted molar refractivity (Wildman–Crippen MR) is 57.1 cm³/mol. The van der Waals surface area contributed by atoms with Gasteiger partial charge in [0.1, 0.15) is 17.4 Å². The molecule has 0 atom stereocenters. The zero-order valence-electron chi connectivity index (χ0n) is 9.22. The minimum absolute atomic E-state index is 0.0828. The fourth-order valence-electron chi connectivity index (χ4n) is 1.59. The molecule has 1 aromatic heterocycles. The molecule has 18 heavy (non-hydrogen) atoms. The summed E-state index contributed by atoms with van der Waals surface area (Å²) in [5, 5.41) is -0.132. The van der Waals surface area contributed by atoms with Crippen LogP contribution in [0.15, 0.2) is 33.7 Å². The number of benzene rings is 1. The summed E-state index contributed by atoms with van der Waals surface area (Å²) in [5.74, 6) is -4.52. The molecule has 6 heteroatoms. The molecule has 0 spiro atoms. The van der Waals surface area contributed by atoms with Crippen LogP contribution in [0.4, 0.5) is 17.6 Å². The van der Waals surface area contributed by atoms with E-state index in [1.54, 1.807) is 13.0 Å². The van der Waals surface area contributed by atoms with Crippen molar-refractivity contribution >= 4 is 11.0 Å². The molecule has 0 N–H and O–H groups in total. The lowest BCUT2D eigenvalue weighted by atomic mass is 10.1. The maximum atomic E-state index is 13.2. The highest BCUT2D eigenvalue weighted by atomic mass is 19.3. The van der Waals surface area contributed by atoms with Crippen LogP contribution in [0.3, 0.4) is 0 Å². The molecule has 0 radical (unpaired) electrons. The van der Waals surface area contributed by atoms with E-state index in [-0.39, 0.29) is 11.0 Å². The van der Waals surface area contributed by atoms with E-state index in [1.807, 2.05) is 0 Å². The molecule has 0 aliphatic heterocycles. The predicted octanol–water partition coefficient (Wildman–Crippen LogP) is 3.46. The van der Waals surface area contributed by atoms with Crippen molar-refractivity contribution in [2.45, 2.75) is 19.3 Å². The van der Waals surface area contributed by atoms with Gasteiger partial charge in [0.15, 0.2) is 0 Å². The van der Waals surface area contributed by atoms with Gasteiger partial charge in [0, 0.05) is 0 Å². The highest BCUT2D eigenvalue weighted by Crippen LogP contribution is 2.33. The molecule has 0 unspecified atom stereocenters. The van der Waals surface area contributed by atoms with Gasteiger partial charge in [0.2, 0.25) is 5.43 Å². The number of aryl methyl sites for hydroxylation is 1.